The van der Waals surface area contributed by atoms with E-state index in [0.29, 0.717) is 28.3 Å². The molecule has 1 aliphatic heterocycles. The summed E-state index contributed by atoms with van der Waals surface area (Å²) in [5.74, 6) is 1.75. The number of nitrogens with zero attached hydrogens (tertiary/aromatic N) is 6. The van der Waals surface area contributed by atoms with Gasteiger partial charge in [-0.25, -0.2) is 4.98 Å². The number of imidazole rings is 1. The Kier molecular flexibility index (Phi) is 11.0. The molecular weight excluding hydrogens is 1280 g/mol. The van der Waals surface area contributed by atoms with Crippen LogP contribution < -0.4 is 9.30 Å². The summed E-state index contributed by atoms with van der Waals surface area (Å²) in [6.07, 6.45) is 5.91. The molecule has 0 amide bonds. The molecule has 430 valence electrons. The van der Waals surface area contributed by atoms with E-state index >= 15 is 0 Å². The summed E-state index contributed by atoms with van der Waals surface area (Å²) in [6.45, 7) is 6.63. The van der Waals surface area contributed by atoms with Gasteiger partial charge in [0.15, 0.2) is 0 Å². The summed E-state index contributed by atoms with van der Waals surface area (Å²) in [6, 6.07) is 87.4. The van der Waals surface area contributed by atoms with Gasteiger partial charge in [0.05, 0.1) is 51.3 Å². The molecule has 0 unspecified atom stereocenters. The monoisotopic (exact) mass is 1340 g/mol. The van der Waals surface area contributed by atoms with Crippen molar-refractivity contribution in [2.45, 2.75) is 26.2 Å². The van der Waals surface area contributed by atoms with Crippen LogP contribution in [0.25, 0.3) is 150 Å². The molecular formula is C82H54N6OPt-2. The van der Waals surface area contributed by atoms with E-state index in [1.807, 2.05) is 48.7 Å². The fourth-order valence-electron chi connectivity index (χ4n) is 14.0. The van der Waals surface area contributed by atoms with Gasteiger partial charge in [-0.3, -0.25) is 4.57 Å². The molecule has 0 saturated heterocycles. The zero-order chi connectivity index (χ0) is 63.4. The second-order valence-electron chi connectivity index (χ2n) is 23.9. The number of benzene rings is 12. The van der Waals surface area contributed by atoms with Crippen molar-refractivity contribution in [1.82, 2.24) is 23.3 Å². The third-order valence-electron chi connectivity index (χ3n) is 17.9. The number of pyridine rings is 1. The molecule has 0 fully saturated rings. The number of hydrogen-bond donors (Lipinski definition) is 0. The van der Waals surface area contributed by atoms with E-state index in [4.69, 9.17) is 13.8 Å². The minimum atomic E-state index is -0.457. The molecule has 12 aromatic carbocycles. The van der Waals surface area contributed by atoms with Crippen molar-refractivity contribution in [3.8, 4) is 84.6 Å². The molecule has 6 heterocycles. The van der Waals surface area contributed by atoms with Crippen LogP contribution in [0.5, 0.6) is 11.5 Å². The Morgan fingerprint density at radius 1 is 0.456 bits per heavy atom. The molecule has 7 nitrogen and oxygen atoms in total. The summed E-state index contributed by atoms with van der Waals surface area (Å²) >= 11 is 0. The second kappa shape index (κ2) is 20.6. The topological polar surface area (TPSA) is 45.7 Å². The molecule has 0 aliphatic carbocycles. The third-order valence-corrected chi connectivity index (χ3v) is 17.9. The average molecular weight is 1340 g/mol. The quantitative estimate of drug-likeness (QED) is 0.118. The van der Waals surface area contributed by atoms with E-state index in [2.05, 4.69) is 256 Å². The molecule has 18 rings (SSSR count). The molecule has 0 radical (unpaired) electrons. The van der Waals surface area contributed by atoms with Crippen molar-refractivity contribution in [2.75, 3.05) is 0 Å². The number of ether oxygens (including phenoxy) is 1. The maximum absolute atomic E-state index is 9.60. The van der Waals surface area contributed by atoms with E-state index in [1.54, 1.807) is 0 Å². The second-order valence-corrected chi connectivity index (χ2v) is 23.9. The Morgan fingerprint density at radius 2 is 1.00 bits per heavy atom. The fraction of sp³-hybridized carbons (Fsp3) is 0.0488. The molecule has 1 aliphatic rings. The Labute approximate surface area is 541 Å². The standard InChI is InChI=1S/C82H54N6O.Pt/c1-82(2,3)53-44-45-83-78(46-53)88-74-40-18-13-32-65(74)66-43-42-57(50-76(66)88)89-56-25-19-24-54(47-56)84-51-85-80-68(35-21-41-75(80)87-72-38-16-11-30-63(72)64-31-12-17-39-73(64)87)79-58(52-22-5-4-6-23-52)33-20-34-67(79)59-26-7-8-27-60(59)69-48-55(49-77(84)81(69)85)86-70-36-14-9-28-61(70)62-29-10-15-37-71(62)86;/h4-46,48-49H,1-3H3;/q-2;/i4D,5D,6D,22D,23D;. The van der Waals surface area contributed by atoms with Crippen LogP contribution in [0.15, 0.2) is 273 Å². The molecule has 17 aromatic rings. The summed E-state index contributed by atoms with van der Waals surface area (Å²) in [7, 11) is 0. The van der Waals surface area contributed by atoms with Crippen LogP contribution >= 0.6 is 0 Å². The maximum atomic E-state index is 9.60. The maximum Gasteiger partial charge on any atom is 0.268 e. The molecule has 0 saturated carbocycles. The SMILES string of the molecule is [2H]c1c([2H])c([2H])c(-c2cccc3c2-c2cccc(-n4c5ccccc5c5ccccc54)c2-[n+]2[c-]n(-c4[c-]c(Oc5[c-]c6c(cc5)c5ccccc5n6-c5cc(C(C)(C)C)ccn5)ccc4)c4cc(-n5c6ccccc6c6ccccc65)cc(c42)-c2ccccc2-3)c([2H])c1[2H].[Pt]. The molecule has 5 aromatic heterocycles. The van der Waals surface area contributed by atoms with E-state index in [1.165, 1.54) is 5.56 Å². The van der Waals surface area contributed by atoms with Gasteiger partial charge in [-0.05, 0) is 127 Å². The first-order valence-electron chi connectivity index (χ1n) is 32.5. The molecule has 90 heavy (non-hydrogen) atoms. The predicted molar refractivity (Wildman–Crippen MR) is 363 cm³/mol. The van der Waals surface area contributed by atoms with Crippen molar-refractivity contribution in [3.05, 3.63) is 297 Å². The largest absolute Gasteiger partial charge is 0.510 e. The number of hydrogen-bond acceptors (Lipinski definition) is 2. The Hall–Kier alpha value is -10.9. The zero-order valence-corrected chi connectivity index (χ0v) is 51.3. The zero-order valence-electron chi connectivity index (χ0n) is 54.0. The van der Waals surface area contributed by atoms with Crippen LogP contribution in [-0.4, -0.2) is 23.3 Å². The average Bonchev–Trinajstić information content (AvgIpc) is 1.59. The van der Waals surface area contributed by atoms with Crippen LogP contribution in [0.2, 0.25) is 0 Å². The van der Waals surface area contributed by atoms with Crippen LogP contribution in [0, 0.1) is 18.5 Å². The van der Waals surface area contributed by atoms with Crippen molar-refractivity contribution in [3.63, 3.8) is 0 Å². The van der Waals surface area contributed by atoms with E-state index < -0.39 is 18.1 Å². The van der Waals surface area contributed by atoms with Gasteiger partial charge in [-0.2, -0.15) is 18.2 Å². The van der Waals surface area contributed by atoms with E-state index in [-0.39, 0.29) is 44.1 Å². The molecule has 0 bridgehead atoms. The summed E-state index contributed by atoms with van der Waals surface area (Å²) in [5.41, 5.74) is 17.3. The van der Waals surface area contributed by atoms with Crippen LogP contribution in [0.4, 0.5) is 0 Å². The Bertz CT molecular complexity index is 5970. The smallest absolute Gasteiger partial charge is 0.268 e. The van der Waals surface area contributed by atoms with Gasteiger partial charge in [0.25, 0.3) is 6.33 Å². The van der Waals surface area contributed by atoms with Gasteiger partial charge in [0.2, 0.25) is 0 Å². The Balaban J connectivity index is 0.00000684. The first kappa shape index (κ1) is 48.2. The molecule has 0 spiro atoms. The number of para-hydroxylation sites is 6. The predicted octanol–water partition coefficient (Wildman–Crippen LogP) is 20.1. The van der Waals surface area contributed by atoms with Gasteiger partial charge in [0, 0.05) is 71.5 Å². The van der Waals surface area contributed by atoms with E-state index in [0.717, 1.165) is 127 Å². The van der Waals surface area contributed by atoms with Crippen molar-refractivity contribution in [2.24, 2.45) is 0 Å². The first-order valence-corrected chi connectivity index (χ1v) is 30.0. The van der Waals surface area contributed by atoms with Crippen LogP contribution in [0.1, 0.15) is 33.2 Å². The number of aromatic nitrogens is 6. The van der Waals surface area contributed by atoms with Crippen LogP contribution in [-0.2, 0) is 26.5 Å². The summed E-state index contributed by atoms with van der Waals surface area (Å²) in [4.78, 5) is 4.94. The first-order chi connectivity index (χ1) is 45.9. The van der Waals surface area contributed by atoms with Gasteiger partial charge >= 0.3 is 0 Å². The normalized spacial score (nSPS) is 12.9. The number of fused-ring (bicyclic) bond motifs is 16. The molecule has 0 atom stereocenters. The van der Waals surface area contributed by atoms with Crippen molar-refractivity contribution in [1.29, 1.82) is 0 Å². The van der Waals surface area contributed by atoms with Gasteiger partial charge in [-0.15, -0.1) is 29.7 Å². The van der Waals surface area contributed by atoms with Gasteiger partial charge < -0.3 is 23.0 Å². The van der Waals surface area contributed by atoms with Crippen molar-refractivity contribution >= 4 is 76.5 Å². The third kappa shape index (κ3) is 8.16. The Morgan fingerprint density at radius 3 is 1.67 bits per heavy atom. The number of rotatable bonds is 7. The van der Waals surface area contributed by atoms with Crippen molar-refractivity contribution < 1.29 is 37.2 Å². The summed E-state index contributed by atoms with van der Waals surface area (Å²) < 4.78 is 64.2. The van der Waals surface area contributed by atoms with Gasteiger partial charge in [0.1, 0.15) is 5.82 Å². The fourth-order valence-corrected chi connectivity index (χ4v) is 14.0. The molecule has 0 N–H and O–H groups in total. The minimum Gasteiger partial charge on any atom is -0.510 e. The summed E-state index contributed by atoms with van der Waals surface area (Å²) in [5, 5.41) is 6.51. The van der Waals surface area contributed by atoms with E-state index in [9.17, 15) is 2.74 Å². The van der Waals surface area contributed by atoms with Crippen LogP contribution in [0.3, 0.4) is 0 Å². The van der Waals surface area contributed by atoms with Gasteiger partial charge in [-0.1, -0.05) is 202 Å². The minimum absolute atomic E-state index is 0. The molecule has 8 heteroatoms.